The molecule has 2 rings (SSSR count). The van der Waals surface area contributed by atoms with Gasteiger partial charge < -0.3 is 14.2 Å². The van der Waals surface area contributed by atoms with E-state index in [-0.39, 0.29) is 17.7 Å². The maximum absolute atomic E-state index is 5.91. The second-order valence-electron chi connectivity index (χ2n) is 4.43. The first kappa shape index (κ1) is 10.5. The van der Waals surface area contributed by atoms with Crippen LogP contribution in [-0.2, 0) is 14.2 Å². The minimum atomic E-state index is -0.312. The van der Waals surface area contributed by atoms with Gasteiger partial charge in [-0.05, 0) is 12.3 Å². The number of hydrogen-bond donors (Lipinski definition) is 0. The highest BCUT2D eigenvalue weighted by molar-refractivity contribution is 6.11. The van der Waals surface area contributed by atoms with Crippen LogP contribution < -0.4 is 0 Å². The summed E-state index contributed by atoms with van der Waals surface area (Å²) in [6.07, 6.45) is 1.16. The summed E-state index contributed by atoms with van der Waals surface area (Å²) in [7, 11) is 9.32. The number of rotatable bonds is 3. The largest absolute Gasteiger partial charge is 0.382 e. The lowest BCUT2D eigenvalue weighted by atomic mass is 9.84. The Hall–Kier alpha value is -0.0551. The molecule has 2 fully saturated rings. The molecule has 3 nitrogen and oxygen atoms in total. The van der Waals surface area contributed by atoms with Gasteiger partial charge in [-0.15, -0.1) is 0 Å². The third kappa shape index (κ3) is 1.17. The van der Waals surface area contributed by atoms with Crippen molar-refractivity contribution in [3.63, 3.8) is 0 Å². The van der Waals surface area contributed by atoms with Crippen LogP contribution in [0.2, 0.25) is 0 Å². The summed E-state index contributed by atoms with van der Waals surface area (Å²) in [5, 5.41) is 0. The summed E-state index contributed by atoms with van der Waals surface area (Å²) in [4.78, 5) is 0. The standard InChI is InChI=1S/C10H17BO3/c1-6-4-7-8(13-3)10(6,5-12-2)14-9(7)11/h6-9H,4-5H2,1-3H3/t6?,7?,8?,9?,10-/m0/s1. The van der Waals surface area contributed by atoms with Crippen molar-refractivity contribution in [1.29, 1.82) is 0 Å². The molecule has 14 heavy (non-hydrogen) atoms. The molecule has 0 aromatic rings. The highest BCUT2D eigenvalue weighted by Gasteiger charge is 2.62. The number of methoxy groups -OCH3 is 2. The summed E-state index contributed by atoms with van der Waals surface area (Å²) in [5.41, 5.74) is -0.312. The van der Waals surface area contributed by atoms with Crippen LogP contribution in [0.1, 0.15) is 13.3 Å². The Balaban J connectivity index is 2.25. The van der Waals surface area contributed by atoms with E-state index in [2.05, 4.69) is 6.92 Å². The number of hydrogen-bond acceptors (Lipinski definition) is 3. The van der Waals surface area contributed by atoms with Gasteiger partial charge in [0, 0.05) is 26.1 Å². The average Bonchev–Trinajstić information content (AvgIpc) is 2.54. The lowest BCUT2D eigenvalue weighted by Gasteiger charge is -2.36. The molecular weight excluding hydrogens is 179 g/mol. The molecule has 4 heteroatoms. The normalized spacial score (nSPS) is 51.4. The van der Waals surface area contributed by atoms with Crippen molar-refractivity contribution in [2.75, 3.05) is 20.8 Å². The van der Waals surface area contributed by atoms with Gasteiger partial charge in [-0.3, -0.25) is 0 Å². The molecular formula is C10H17BO3. The zero-order valence-corrected chi connectivity index (χ0v) is 9.03. The molecule has 1 aliphatic heterocycles. The highest BCUT2D eigenvalue weighted by Crippen LogP contribution is 2.52. The molecule has 4 unspecified atom stereocenters. The molecule has 2 bridgehead atoms. The van der Waals surface area contributed by atoms with E-state index in [4.69, 9.17) is 22.1 Å². The fraction of sp³-hybridized carbons (Fsp3) is 1.00. The fourth-order valence-corrected chi connectivity index (χ4v) is 3.06. The van der Waals surface area contributed by atoms with Gasteiger partial charge in [0.25, 0.3) is 0 Å². The molecule has 1 saturated carbocycles. The van der Waals surface area contributed by atoms with Crippen molar-refractivity contribution in [2.45, 2.75) is 31.1 Å². The second-order valence-corrected chi connectivity index (χ2v) is 4.43. The van der Waals surface area contributed by atoms with Crippen LogP contribution in [0, 0.1) is 11.8 Å². The monoisotopic (exact) mass is 196 g/mol. The Labute approximate surface area is 86.5 Å². The molecule has 0 amide bonds. The van der Waals surface area contributed by atoms with Crippen LogP contribution in [0.4, 0.5) is 0 Å². The Morgan fingerprint density at radius 3 is 2.79 bits per heavy atom. The Kier molecular flexibility index (Phi) is 2.62. The first-order valence-corrected chi connectivity index (χ1v) is 5.11. The minimum Gasteiger partial charge on any atom is -0.382 e. The Morgan fingerprint density at radius 1 is 1.50 bits per heavy atom. The van der Waals surface area contributed by atoms with Crippen molar-refractivity contribution >= 4 is 7.85 Å². The lowest BCUT2D eigenvalue weighted by Crippen LogP contribution is -2.47. The van der Waals surface area contributed by atoms with Gasteiger partial charge in [0.1, 0.15) is 13.4 Å². The first-order valence-electron chi connectivity index (χ1n) is 5.11. The number of ether oxygens (including phenoxy) is 3. The molecule has 0 aromatic heterocycles. The van der Waals surface area contributed by atoms with Crippen molar-refractivity contribution in [3.8, 4) is 0 Å². The Morgan fingerprint density at radius 2 is 2.21 bits per heavy atom. The van der Waals surface area contributed by atoms with E-state index in [1.54, 1.807) is 14.2 Å². The summed E-state index contributed by atoms with van der Waals surface area (Å²) in [6, 6.07) is -0.189. The molecule has 2 radical (unpaired) electrons. The molecule has 0 N–H and O–H groups in total. The van der Waals surface area contributed by atoms with E-state index >= 15 is 0 Å². The van der Waals surface area contributed by atoms with Crippen molar-refractivity contribution in [1.82, 2.24) is 0 Å². The topological polar surface area (TPSA) is 27.7 Å². The van der Waals surface area contributed by atoms with E-state index in [1.165, 1.54) is 0 Å². The van der Waals surface area contributed by atoms with Crippen molar-refractivity contribution < 1.29 is 14.2 Å². The smallest absolute Gasteiger partial charge is 0.120 e. The molecule has 2 aliphatic rings. The van der Waals surface area contributed by atoms with Crippen LogP contribution in [0.15, 0.2) is 0 Å². The number of fused-ring (bicyclic) bond motifs is 2. The van der Waals surface area contributed by atoms with E-state index in [9.17, 15) is 0 Å². The van der Waals surface area contributed by atoms with Gasteiger partial charge in [0.05, 0.1) is 12.7 Å². The average molecular weight is 196 g/mol. The van der Waals surface area contributed by atoms with Crippen LogP contribution in [-0.4, -0.2) is 46.4 Å². The first-order chi connectivity index (χ1) is 6.65. The predicted molar refractivity (Wildman–Crippen MR) is 53.3 cm³/mol. The molecule has 1 heterocycles. The van der Waals surface area contributed by atoms with E-state index in [0.717, 1.165) is 6.42 Å². The van der Waals surface area contributed by atoms with Gasteiger partial charge in [0.15, 0.2) is 0 Å². The van der Waals surface area contributed by atoms with Crippen molar-refractivity contribution in [2.24, 2.45) is 11.8 Å². The third-order valence-corrected chi connectivity index (χ3v) is 3.73. The molecule has 1 saturated heterocycles. The SMILES string of the molecule is [B]C1O[C@@]2(COC)C(C)CC1C2OC. The molecule has 1 aliphatic carbocycles. The van der Waals surface area contributed by atoms with E-state index in [0.29, 0.717) is 18.4 Å². The van der Waals surface area contributed by atoms with Crippen molar-refractivity contribution in [3.05, 3.63) is 0 Å². The zero-order valence-electron chi connectivity index (χ0n) is 9.03. The van der Waals surface area contributed by atoms with Crippen LogP contribution in [0.25, 0.3) is 0 Å². The summed E-state index contributed by atoms with van der Waals surface area (Å²) in [5.74, 6) is 0.780. The third-order valence-electron chi connectivity index (χ3n) is 3.73. The summed E-state index contributed by atoms with van der Waals surface area (Å²) >= 11 is 0. The quantitative estimate of drug-likeness (QED) is 0.617. The molecule has 0 aromatic carbocycles. The minimum absolute atomic E-state index is 0.0902. The van der Waals surface area contributed by atoms with Gasteiger partial charge >= 0.3 is 0 Å². The lowest BCUT2D eigenvalue weighted by molar-refractivity contribution is -0.139. The molecule has 5 atom stereocenters. The van der Waals surface area contributed by atoms with E-state index < -0.39 is 0 Å². The zero-order chi connectivity index (χ0) is 10.3. The highest BCUT2D eigenvalue weighted by atomic mass is 16.6. The summed E-state index contributed by atoms with van der Waals surface area (Å²) < 4.78 is 16.6. The fourth-order valence-electron chi connectivity index (χ4n) is 3.06. The summed E-state index contributed by atoms with van der Waals surface area (Å²) in [6.45, 7) is 2.74. The van der Waals surface area contributed by atoms with Gasteiger partial charge in [-0.2, -0.15) is 0 Å². The maximum Gasteiger partial charge on any atom is 0.120 e. The van der Waals surface area contributed by atoms with Gasteiger partial charge in [0.2, 0.25) is 0 Å². The van der Waals surface area contributed by atoms with Crippen LogP contribution in [0.5, 0.6) is 0 Å². The second kappa shape index (κ2) is 3.51. The maximum atomic E-state index is 5.91. The van der Waals surface area contributed by atoms with E-state index in [1.807, 2.05) is 0 Å². The van der Waals surface area contributed by atoms with Crippen LogP contribution >= 0.6 is 0 Å². The molecule has 0 spiro atoms. The predicted octanol–water partition coefficient (Wildman–Crippen LogP) is 0.567. The molecule has 78 valence electrons. The van der Waals surface area contributed by atoms with Crippen LogP contribution in [0.3, 0.4) is 0 Å². The van der Waals surface area contributed by atoms with Gasteiger partial charge in [-0.1, -0.05) is 6.92 Å². The Bertz CT molecular complexity index is 223. The van der Waals surface area contributed by atoms with Gasteiger partial charge in [-0.25, -0.2) is 0 Å².